The van der Waals surface area contributed by atoms with Gasteiger partial charge in [0.15, 0.2) is 11.5 Å². The van der Waals surface area contributed by atoms with E-state index in [9.17, 15) is 4.79 Å². The van der Waals surface area contributed by atoms with Crippen molar-refractivity contribution in [2.45, 2.75) is 12.2 Å². The number of rotatable bonds is 4. The van der Waals surface area contributed by atoms with Crippen molar-refractivity contribution >= 4 is 17.7 Å². The Hall–Kier alpha value is -1.56. The van der Waals surface area contributed by atoms with Crippen molar-refractivity contribution in [1.82, 2.24) is 4.90 Å². The molecule has 0 bridgehead atoms. The van der Waals surface area contributed by atoms with E-state index in [-0.39, 0.29) is 5.91 Å². The molecule has 2 rings (SSSR count). The van der Waals surface area contributed by atoms with Gasteiger partial charge < -0.3 is 19.1 Å². The first kappa shape index (κ1) is 15.8. The fourth-order valence-electron chi connectivity index (χ4n) is 2.39. The number of hydrogen-bond donors (Lipinski definition) is 0. The van der Waals surface area contributed by atoms with E-state index in [2.05, 4.69) is 6.92 Å². The van der Waals surface area contributed by atoms with Gasteiger partial charge in [0.2, 0.25) is 5.75 Å². The number of carbonyl (C=O) groups is 1. The van der Waals surface area contributed by atoms with Gasteiger partial charge in [0.25, 0.3) is 5.91 Å². The second kappa shape index (κ2) is 6.93. The van der Waals surface area contributed by atoms with Crippen molar-refractivity contribution in [3.8, 4) is 17.2 Å². The zero-order valence-corrected chi connectivity index (χ0v) is 13.7. The molecule has 0 N–H and O–H groups in total. The molecule has 1 fully saturated rings. The van der Waals surface area contributed by atoms with E-state index in [1.165, 1.54) is 0 Å². The van der Waals surface area contributed by atoms with Gasteiger partial charge in [-0.15, -0.1) is 0 Å². The van der Waals surface area contributed by atoms with Crippen molar-refractivity contribution < 1.29 is 19.0 Å². The van der Waals surface area contributed by atoms with E-state index in [4.69, 9.17) is 14.2 Å². The zero-order chi connectivity index (χ0) is 15.4. The molecule has 0 aliphatic carbocycles. The molecule has 0 aromatic heterocycles. The van der Waals surface area contributed by atoms with E-state index in [1.54, 1.807) is 33.5 Å². The fraction of sp³-hybridized carbons (Fsp3) is 0.533. The molecule has 116 valence electrons. The topological polar surface area (TPSA) is 48.0 Å². The molecule has 1 aliphatic rings. The van der Waals surface area contributed by atoms with Gasteiger partial charge in [0.1, 0.15) is 0 Å². The highest BCUT2D eigenvalue weighted by Gasteiger charge is 2.24. The highest BCUT2D eigenvalue weighted by atomic mass is 32.2. The Morgan fingerprint density at radius 2 is 1.81 bits per heavy atom. The molecule has 1 aliphatic heterocycles. The maximum absolute atomic E-state index is 12.6. The summed E-state index contributed by atoms with van der Waals surface area (Å²) >= 11 is 1.89. The molecule has 21 heavy (non-hydrogen) atoms. The van der Waals surface area contributed by atoms with Crippen molar-refractivity contribution in [2.75, 3.05) is 40.2 Å². The van der Waals surface area contributed by atoms with E-state index in [1.807, 2.05) is 16.7 Å². The highest BCUT2D eigenvalue weighted by molar-refractivity contribution is 7.99. The van der Waals surface area contributed by atoms with Gasteiger partial charge in [-0.2, -0.15) is 11.8 Å². The van der Waals surface area contributed by atoms with Gasteiger partial charge in [0, 0.05) is 29.7 Å². The molecule has 0 radical (unpaired) electrons. The lowest BCUT2D eigenvalue weighted by Gasteiger charge is -2.30. The molecule has 0 saturated carbocycles. The first-order valence-corrected chi connectivity index (χ1v) is 7.86. The SMILES string of the molecule is COc1cc(C(=O)N2CCSC(C)C2)cc(OC)c1OC. The Labute approximate surface area is 129 Å². The summed E-state index contributed by atoms with van der Waals surface area (Å²) in [5.74, 6) is 2.47. The first-order chi connectivity index (χ1) is 10.1. The maximum Gasteiger partial charge on any atom is 0.254 e. The van der Waals surface area contributed by atoms with Crippen LogP contribution in [0.4, 0.5) is 0 Å². The number of methoxy groups -OCH3 is 3. The minimum absolute atomic E-state index is 0.00130. The summed E-state index contributed by atoms with van der Waals surface area (Å²) in [5, 5.41) is 0.463. The largest absolute Gasteiger partial charge is 0.493 e. The van der Waals surface area contributed by atoms with E-state index >= 15 is 0 Å². The van der Waals surface area contributed by atoms with Crippen LogP contribution in [-0.2, 0) is 0 Å². The molecular weight excluding hydrogens is 290 g/mol. The third-order valence-electron chi connectivity index (χ3n) is 3.44. The van der Waals surface area contributed by atoms with Crippen LogP contribution < -0.4 is 14.2 Å². The van der Waals surface area contributed by atoms with Gasteiger partial charge in [-0.05, 0) is 12.1 Å². The average Bonchev–Trinajstić information content (AvgIpc) is 2.52. The molecule has 6 heteroatoms. The van der Waals surface area contributed by atoms with Crippen LogP contribution in [0.3, 0.4) is 0 Å². The van der Waals surface area contributed by atoms with Crippen LogP contribution in [0.5, 0.6) is 17.2 Å². The number of amides is 1. The summed E-state index contributed by atoms with van der Waals surface area (Å²) in [7, 11) is 4.64. The van der Waals surface area contributed by atoms with Crippen LogP contribution >= 0.6 is 11.8 Å². The zero-order valence-electron chi connectivity index (χ0n) is 12.8. The second-order valence-electron chi connectivity index (χ2n) is 4.85. The Morgan fingerprint density at radius 3 is 2.29 bits per heavy atom. The lowest BCUT2D eigenvalue weighted by molar-refractivity contribution is 0.0762. The number of thioether (sulfide) groups is 1. The standard InChI is InChI=1S/C15H21NO4S/c1-10-9-16(5-6-21-10)15(17)11-7-12(18-2)14(20-4)13(8-11)19-3/h7-8,10H,5-6,9H2,1-4H3. The third-order valence-corrected chi connectivity index (χ3v) is 4.58. The van der Waals surface area contributed by atoms with Crippen LogP contribution in [0.15, 0.2) is 12.1 Å². The molecule has 1 unspecified atom stereocenters. The van der Waals surface area contributed by atoms with E-state index in [0.717, 1.165) is 18.8 Å². The van der Waals surface area contributed by atoms with Crippen LogP contribution in [0.2, 0.25) is 0 Å². The monoisotopic (exact) mass is 311 g/mol. The molecule has 1 atom stereocenters. The van der Waals surface area contributed by atoms with Crippen LogP contribution in [-0.4, -0.2) is 56.2 Å². The third kappa shape index (κ3) is 3.37. The Morgan fingerprint density at radius 1 is 1.19 bits per heavy atom. The molecule has 5 nitrogen and oxygen atoms in total. The predicted octanol–water partition coefficient (Wildman–Crippen LogP) is 2.29. The molecule has 0 spiro atoms. The Bertz CT molecular complexity index is 495. The predicted molar refractivity (Wildman–Crippen MR) is 83.9 cm³/mol. The number of nitrogens with zero attached hydrogens (tertiary/aromatic N) is 1. The summed E-state index contributed by atoms with van der Waals surface area (Å²) in [4.78, 5) is 14.5. The number of benzene rings is 1. The normalized spacial score (nSPS) is 18.3. The average molecular weight is 311 g/mol. The van der Waals surface area contributed by atoms with Crippen LogP contribution in [0.25, 0.3) is 0 Å². The van der Waals surface area contributed by atoms with Gasteiger partial charge in [-0.25, -0.2) is 0 Å². The highest BCUT2D eigenvalue weighted by Crippen LogP contribution is 2.38. The molecular formula is C15H21NO4S. The van der Waals surface area contributed by atoms with Crippen molar-refractivity contribution in [2.24, 2.45) is 0 Å². The van der Waals surface area contributed by atoms with Crippen molar-refractivity contribution in [3.63, 3.8) is 0 Å². The van der Waals surface area contributed by atoms with Gasteiger partial charge >= 0.3 is 0 Å². The summed E-state index contributed by atoms with van der Waals surface area (Å²) in [6, 6.07) is 3.41. The minimum atomic E-state index is 0.00130. The summed E-state index contributed by atoms with van der Waals surface area (Å²) < 4.78 is 15.9. The van der Waals surface area contributed by atoms with Gasteiger partial charge in [-0.3, -0.25) is 4.79 Å². The van der Waals surface area contributed by atoms with Crippen LogP contribution in [0.1, 0.15) is 17.3 Å². The molecule has 1 aromatic rings. The molecule has 1 heterocycles. The Kier molecular flexibility index (Phi) is 5.22. The van der Waals surface area contributed by atoms with E-state index < -0.39 is 0 Å². The maximum atomic E-state index is 12.6. The van der Waals surface area contributed by atoms with Crippen molar-refractivity contribution in [3.05, 3.63) is 17.7 Å². The minimum Gasteiger partial charge on any atom is -0.493 e. The van der Waals surface area contributed by atoms with Crippen LogP contribution in [0, 0.1) is 0 Å². The number of ether oxygens (including phenoxy) is 3. The quantitative estimate of drug-likeness (QED) is 0.854. The second-order valence-corrected chi connectivity index (χ2v) is 6.39. The van der Waals surface area contributed by atoms with Crippen molar-refractivity contribution in [1.29, 1.82) is 0 Å². The van der Waals surface area contributed by atoms with E-state index in [0.29, 0.717) is 28.1 Å². The van der Waals surface area contributed by atoms with Gasteiger partial charge in [-0.1, -0.05) is 6.92 Å². The molecule has 1 saturated heterocycles. The van der Waals surface area contributed by atoms with Gasteiger partial charge in [0.05, 0.1) is 21.3 Å². The molecule has 1 amide bonds. The lowest BCUT2D eigenvalue weighted by atomic mass is 10.1. The molecule has 1 aromatic carbocycles. The summed E-state index contributed by atoms with van der Waals surface area (Å²) in [6.45, 7) is 3.67. The summed E-state index contributed by atoms with van der Waals surface area (Å²) in [6.07, 6.45) is 0. The summed E-state index contributed by atoms with van der Waals surface area (Å²) in [5.41, 5.74) is 0.559. The Balaban J connectivity index is 2.32. The smallest absolute Gasteiger partial charge is 0.254 e. The number of carbonyl (C=O) groups excluding carboxylic acids is 1. The fourth-order valence-corrected chi connectivity index (χ4v) is 3.40. The lowest BCUT2D eigenvalue weighted by Crippen LogP contribution is -2.41. The number of hydrogen-bond acceptors (Lipinski definition) is 5. The first-order valence-electron chi connectivity index (χ1n) is 6.81.